The maximum absolute atomic E-state index is 5.31. The summed E-state index contributed by atoms with van der Waals surface area (Å²) in [6, 6.07) is 61.9. The van der Waals surface area contributed by atoms with Crippen molar-refractivity contribution in [2.75, 3.05) is 0 Å². The Morgan fingerprint density at radius 1 is 0.383 bits per heavy atom. The molecule has 2 aromatic heterocycles. The summed E-state index contributed by atoms with van der Waals surface area (Å²) in [4.78, 5) is 10.6. The molecule has 47 heavy (non-hydrogen) atoms. The van der Waals surface area contributed by atoms with E-state index in [0.717, 1.165) is 66.8 Å². The van der Waals surface area contributed by atoms with Gasteiger partial charge in [-0.15, -0.1) is 0 Å². The summed E-state index contributed by atoms with van der Waals surface area (Å²) in [6.07, 6.45) is 0. The van der Waals surface area contributed by atoms with Crippen LogP contribution in [-0.4, -0.2) is 14.5 Å². The molecule has 0 atom stereocenters. The third-order valence-corrected chi connectivity index (χ3v) is 8.99. The minimum atomic E-state index is 0.927. The van der Waals surface area contributed by atoms with E-state index in [4.69, 9.17) is 9.97 Å². The molecule has 0 saturated carbocycles. The predicted octanol–water partition coefficient (Wildman–Crippen LogP) is 11.4. The molecule has 0 spiro atoms. The number of hydrogen-bond donors (Lipinski definition) is 0. The largest absolute Gasteiger partial charge is 0.292 e. The highest BCUT2D eigenvalue weighted by molar-refractivity contribution is 6.16. The Morgan fingerprint density at radius 3 is 1.66 bits per heavy atom. The molecule has 9 aromatic rings. The van der Waals surface area contributed by atoms with E-state index in [1.165, 1.54) is 16.5 Å². The Morgan fingerprint density at radius 2 is 0.957 bits per heavy atom. The quantitative estimate of drug-likeness (QED) is 0.184. The maximum atomic E-state index is 5.31. The van der Waals surface area contributed by atoms with E-state index < -0.39 is 0 Å². The van der Waals surface area contributed by atoms with Crippen molar-refractivity contribution in [2.24, 2.45) is 0 Å². The van der Waals surface area contributed by atoms with Gasteiger partial charge in [0.2, 0.25) is 0 Å². The first-order valence-electron chi connectivity index (χ1n) is 15.9. The molecule has 0 aliphatic rings. The van der Waals surface area contributed by atoms with Crippen molar-refractivity contribution in [3.05, 3.63) is 176 Å². The zero-order valence-electron chi connectivity index (χ0n) is 25.6. The van der Waals surface area contributed by atoms with Crippen LogP contribution >= 0.6 is 0 Å². The minimum Gasteiger partial charge on any atom is -0.292 e. The zero-order chi connectivity index (χ0) is 31.2. The molecule has 0 aliphatic carbocycles. The van der Waals surface area contributed by atoms with Gasteiger partial charge in [0.25, 0.3) is 0 Å². The summed E-state index contributed by atoms with van der Waals surface area (Å²) in [5.74, 6) is 0.927. The van der Waals surface area contributed by atoms with E-state index in [-0.39, 0.29) is 0 Å². The second kappa shape index (κ2) is 11.2. The van der Waals surface area contributed by atoms with Crippen LogP contribution in [0.15, 0.2) is 176 Å². The van der Waals surface area contributed by atoms with E-state index in [0.29, 0.717) is 0 Å². The van der Waals surface area contributed by atoms with Gasteiger partial charge < -0.3 is 0 Å². The number of para-hydroxylation sites is 1. The van der Waals surface area contributed by atoms with Crippen molar-refractivity contribution >= 4 is 32.7 Å². The van der Waals surface area contributed by atoms with Gasteiger partial charge in [-0.05, 0) is 64.0 Å². The van der Waals surface area contributed by atoms with Gasteiger partial charge in [0.05, 0.1) is 22.2 Å². The number of pyridine rings is 1. The summed E-state index contributed by atoms with van der Waals surface area (Å²) >= 11 is 0. The predicted molar refractivity (Wildman–Crippen MR) is 196 cm³/mol. The molecular formula is C44H29N3. The summed E-state index contributed by atoms with van der Waals surface area (Å²) in [7, 11) is 0. The van der Waals surface area contributed by atoms with Crippen molar-refractivity contribution in [1.29, 1.82) is 0 Å². The first kappa shape index (κ1) is 27.0. The van der Waals surface area contributed by atoms with Gasteiger partial charge in [-0.25, -0.2) is 9.97 Å². The van der Waals surface area contributed by atoms with Crippen LogP contribution in [-0.2, 0) is 0 Å². The van der Waals surface area contributed by atoms with E-state index in [1.807, 2.05) is 12.1 Å². The normalized spacial score (nSPS) is 11.4. The van der Waals surface area contributed by atoms with Crippen LogP contribution in [0.1, 0.15) is 0 Å². The number of benzene rings is 7. The summed E-state index contributed by atoms with van der Waals surface area (Å²) < 4.78 is 2.26. The number of nitrogens with zero attached hydrogens (tertiary/aromatic N) is 3. The molecule has 2 heterocycles. The first-order chi connectivity index (χ1) is 23.3. The van der Waals surface area contributed by atoms with Gasteiger partial charge in [-0.1, -0.05) is 140 Å². The lowest BCUT2D eigenvalue weighted by atomic mass is 9.91. The summed E-state index contributed by atoms with van der Waals surface area (Å²) in [5.41, 5.74) is 11.9. The molecule has 0 aliphatic heterocycles. The third-order valence-electron chi connectivity index (χ3n) is 8.99. The highest BCUT2D eigenvalue weighted by Gasteiger charge is 2.18. The SMILES string of the molecule is c1ccc(-c2cc(-c3ccccc3)c3cc(-c4ccc5c(c4)nc(-c4ccccc4)n5-c4ccccc4)c4ccccc4c3n2)cc1. The Labute approximate surface area is 273 Å². The highest BCUT2D eigenvalue weighted by Crippen LogP contribution is 2.41. The lowest BCUT2D eigenvalue weighted by Gasteiger charge is -2.16. The summed E-state index contributed by atoms with van der Waals surface area (Å²) in [6.45, 7) is 0. The topological polar surface area (TPSA) is 30.7 Å². The van der Waals surface area contributed by atoms with Gasteiger partial charge in [-0.2, -0.15) is 0 Å². The van der Waals surface area contributed by atoms with Crippen LogP contribution in [0.2, 0.25) is 0 Å². The van der Waals surface area contributed by atoms with E-state index in [1.54, 1.807) is 0 Å². The second-order valence-electron chi connectivity index (χ2n) is 11.8. The molecule has 0 amide bonds. The van der Waals surface area contributed by atoms with Crippen molar-refractivity contribution in [1.82, 2.24) is 14.5 Å². The highest BCUT2D eigenvalue weighted by atomic mass is 15.1. The maximum Gasteiger partial charge on any atom is 0.145 e. The van der Waals surface area contributed by atoms with Crippen LogP contribution in [0.25, 0.3) is 83.3 Å². The fourth-order valence-corrected chi connectivity index (χ4v) is 6.77. The molecule has 3 heteroatoms. The Hall–Kier alpha value is -6.32. The molecule has 0 radical (unpaired) electrons. The number of rotatable bonds is 5. The van der Waals surface area contributed by atoms with Crippen LogP contribution in [0.3, 0.4) is 0 Å². The Bertz CT molecular complexity index is 2540. The Kier molecular flexibility index (Phi) is 6.46. The average Bonchev–Trinajstić information content (AvgIpc) is 3.54. The lowest BCUT2D eigenvalue weighted by molar-refractivity contribution is 1.10. The monoisotopic (exact) mass is 599 g/mol. The average molecular weight is 600 g/mol. The Balaban J connectivity index is 1.32. The smallest absolute Gasteiger partial charge is 0.145 e. The van der Waals surface area contributed by atoms with Crippen molar-refractivity contribution < 1.29 is 0 Å². The fourth-order valence-electron chi connectivity index (χ4n) is 6.77. The second-order valence-corrected chi connectivity index (χ2v) is 11.8. The zero-order valence-corrected chi connectivity index (χ0v) is 25.6. The minimum absolute atomic E-state index is 0.927. The van der Waals surface area contributed by atoms with Crippen molar-refractivity contribution in [3.8, 4) is 50.6 Å². The standard InChI is InChI=1S/C44H29N3/c1-5-15-30(16-6-1)38-29-40(31-17-7-2-8-18-31)45-43-36-24-14-13-23-35(36)37(28-39(38)43)33-25-26-42-41(27-33)46-44(32-19-9-3-10-20-32)47(42)34-21-11-4-12-22-34/h1-29H. The van der Waals surface area contributed by atoms with Gasteiger partial charge in [0.1, 0.15) is 5.82 Å². The van der Waals surface area contributed by atoms with Gasteiger partial charge in [0, 0.05) is 27.6 Å². The molecule has 7 aromatic carbocycles. The number of hydrogen-bond acceptors (Lipinski definition) is 2. The van der Waals surface area contributed by atoms with E-state index >= 15 is 0 Å². The number of imidazole rings is 1. The van der Waals surface area contributed by atoms with E-state index in [9.17, 15) is 0 Å². The van der Waals surface area contributed by atoms with Crippen molar-refractivity contribution in [3.63, 3.8) is 0 Å². The molecule has 0 fully saturated rings. The fraction of sp³-hybridized carbons (Fsp3) is 0. The van der Waals surface area contributed by atoms with Gasteiger partial charge in [0.15, 0.2) is 0 Å². The lowest BCUT2D eigenvalue weighted by Crippen LogP contribution is -1.97. The number of aromatic nitrogens is 3. The third kappa shape index (κ3) is 4.68. The molecule has 0 saturated heterocycles. The summed E-state index contributed by atoms with van der Waals surface area (Å²) in [5, 5.41) is 3.43. The van der Waals surface area contributed by atoms with E-state index in [2.05, 4.69) is 168 Å². The van der Waals surface area contributed by atoms with Crippen LogP contribution in [0.5, 0.6) is 0 Å². The molecule has 220 valence electrons. The molecule has 0 unspecified atom stereocenters. The van der Waals surface area contributed by atoms with Gasteiger partial charge >= 0.3 is 0 Å². The first-order valence-corrected chi connectivity index (χ1v) is 15.9. The van der Waals surface area contributed by atoms with Crippen molar-refractivity contribution in [2.45, 2.75) is 0 Å². The van der Waals surface area contributed by atoms with Crippen LogP contribution < -0.4 is 0 Å². The van der Waals surface area contributed by atoms with Crippen LogP contribution in [0, 0.1) is 0 Å². The molecule has 9 rings (SSSR count). The van der Waals surface area contributed by atoms with Crippen LogP contribution in [0.4, 0.5) is 0 Å². The molecular weight excluding hydrogens is 571 g/mol. The molecule has 0 N–H and O–H groups in total. The molecule has 0 bridgehead atoms. The van der Waals surface area contributed by atoms with Gasteiger partial charge in [-0.3, -0.25) is 4.57 Å². The molecule has 3 nitrogen and oxygen atoms in total. The number of fused-ring (bicyclic) bond motifs is 4.